The Hall–Kier alpha value is -2.30. The average Bonchev–Trinajstić information content (AvgIpc) is 2.61. The third-order valence-corrected chi connectivity index (χ3v) is 4.15. The predicted octanol–water partition coefficient (Wildman–Crippen LogP) is 5.05. The van der Waals surface area contributed by atoms with E-state index in [0.717, 1.165) is 16.5 Å². The van der Waals surface area contributed by atoms with E-state index in [1.165, 1.54) is 0 Å². The first-order valence-electron chi connectivity index (χ1n) is 7.65. The molecule has 25 heavy (non-hydrogen) atoms. The smallest absolute Gasteiger partial charge is 0.347 e. The summed E-state index contributed by atoms with van der Waals surface area (Å²) in [4.78, 5) is 16.5. The van der Waals surface area contributed by atoms with Crippen LogP contribution in [0.25, 0.3) is 10.9 Å². The van der Waals surface area contributed by atoms with Gasteiger partial charge in [0.1, 0.15) is 12.4 Å². The summed E-state index contributed by atoms with van der Waals surface area (Å²) in [6, 6.07) is 14.4. The Bertz CT molecular complexity index is 909. The van der Waals surface area contributed by atoms with Gasteiger partial charge in [-0.3, -0.25) is 4.98 Å². The van der Waals surface area contributed by atoms with Crippen molar-refractivity contribution >= 4 is 40.1 Å². The minimum absolute atomic E-state index is 0.120. The molecule has 6 heteroatoms. The molecule has 4 nitrogen and oxygen atoms in total. The number of aromatic nitrogens is 1. The van der Waals surface area contributed by atoms with Gasteiger partial charge in [-0.25, -0.2) is 4.79 Å². The van der Waals surface area contributed by atoms with Crippen LogP contribution >= 0.6 is 23.2 Å². The van der Waals surface area contributed by atoms with Crippen LogP contribution in [0.4, 0.5) is 0 Å². The molecular weight excluding hydrogens is 361 g/mol. The summed E-state index contributed by atoms with van der Waals surface area (Å²) >= 11 is 11.9. The number of hydrogen-bond donors (Lipinski definition) is 0. The highest BCUT2D eigenvalue weighted by molar-refractivity contribution is 6.35. The molecule has 0 saturated heterocycles. The number of carbonyl (C=O) groups is 1. The maximum atomic E-state index is 12.2. The number of fused-ring (bicyclic) bond motifs is 1. The number of carbonyl (C=O) groups excluding carboxylic acids is 1. The van der Waals surface area contributed by atoms with Gasteiger partial charge in [0.15, 0.2) is 6.10 Å². The van der Waals surface area contributed by atoms with Crippen LogP contribution in [-0.2, 0) is 16.1 Å². The molecule has 0 bridgehead atoms. The number of halogens is 2. The zero-order valence-electron chi connectivity index (χ0n) is 13.4. The standard InChI is InChI=1S/C19H15Cl2NO3/c1-12(25-17-8-7-15(20)10-16(17)21)19(23)24-11-14-5-2-4-13-6-3-9-22-18(13)14/h2-10,12H,11H2,1H3. The number of rotatable bonds is 5. The number of nitrogens with zero attached hydrogens (tertiary/aromatic N) is 1. The van der Waals surface area contributed by atoms with E-state index in [2.05, 4.69) is 4.98 Å². The highest BCUT2D eigenvalue weighted by Gasteiger charge is 2.18. The zero-order chi connectivity index (χ0) is 17.8. The molecule has 1 atom stereocenters. The lowest BCUT2D eigenvalue weighted by Gasteiger charge is -2.15. The second-order valence-electron chi connectivity index (χ2n) is 5.43. The van der Waals surface area contributed by atoms with Crippen molar-refractivity contribution < 1.29 is 14.3 Å². The normalized spacial score (nSPS) is 12.0. The van der Waals surface area contributed by atoms with Crippen LogP contribution in [0, 0.1) is 0 Å². The monoisotopic (exact) mass is 375 g/mol. The van der Waals surface area contributed by atoms with Crippen molar-refractivity contribution in [1.29, 1.82) is 0 Å². The Balaban J connectivity index is 1.65. The van der Waals surface area contributed by atoms with Gasteiger partial charge in [0.05, 0.1) is 10.5 Å². The van der Waals surface area contributed by atoms with E-state index in [9.17, 15) is 4.79 Å². The fourth-order valence-electron chi connectivity index (χ4n) is 2.36. The molecule has 0 aliphatic rings. The van der Waals surface area contributed by atoms with Gasteiger partial charge < -0.3 is 9.47 Å². The fourth-order valence-corrected chi connectivity index (χ4v) is 2.81. The Labute approximate surface area is 155 Å². The Morgan fingerprint density at radius 3 is 2.76 bits per heavy atom. The van der Waals surface area contributed by atoms with Crippen molar-refractivity contribution in [2.45, 2.75) is 19.6 Å². The summed E-state index contributed by atoms with van der Waals surface area (Å²) < 4.78 is 10.9. The van der Waals surface area contributed by atoms with Crippen LogP contribution in [0.5, 0.6) is 5.75 Å². The van der Waals surface area contributed by atoms with Crippen LogP contribution in [0.3, 0.4) is 0 Å². The summed E-state index contributed by atoms with van der Waals surface area (Å²) in [5, 5.41) is 1.83. The Kier molecular flexibility index (Phi) is 5.41. The number of esters is 1. The van der Waals surface area contributed by atoms with E-state index in [0.29, 0.717) is 15.8 Å². The summed E-state index contributed by atoms with van der Waals surface area (Å²) in [5.41, 5.74) is 1.65. The van der Waals surface area contributed by atoms with Crippen LogP contribution in [0.1, 0.15) is 12.5 Å². The molecule has 0 spiro atoms. The lowest BCUT2D eigenvalue weighted by molar-refractivity contribution is -0.152. The van der Waals surface area contributed by atoms with E-state index in [-0.39, 0.29) is 6.61 Å². The van der Waals surface area contributed by atoms with Crippen molar-refractivity contribution in [2.75, 3.05) is 0 Å². The molecule has 0 radical (unpaired) electrons. The third kappa shape index (κ3) is 4.21. The first-order chi connectivity index (χ1) is 12.0. The molecule has 2 aromatic carbocycles. The van der Waals surface area contributed by atoms with Gasteiger partial charge in [0, 0.05) is 22.2 Å². The number of ether oxygens (including phenoxy) is 2. The molecular formula is C19H15Cl2NO3. The van der Waals surface area contributed by atoms with Crippen LogP contribution in [0.15, 0.2) is 54.7 Å². The van der Waals surface area contributed by atoms with Crippen LogP contribution < -0.4 is 4.74 Å². The molecule has 3 rings (SSSR count). The van der Waals surface area contributed by atoms with Gasteiger partial charge in [-0.15, -0.1) is 0 Å². The van der Waals surface area contributed by atoms with Crippen molar-refractivity contribution in [3.63, 3.8) is 0 Å². The van der Waals surface area contributed by atoms with E-state index < -0.39 is 12.1 Å². The number of pyridine rings is 1. The number of para-hydroxylation sites is 1. The van der Waals surface area contributed by atoms with Crippen LogP contribution in [0.2, 0.25) is 10.0 Å². The summed E-state index contributed by atoms with van der Waals surface area (Å²) in [6.07, 6.45) is 0.906. The summed E-state index contributed by atoms with van der Waals surface area (Å²) in [5.74, 6) is -0.110. The van der Waals surface area contributed by atoms with Gasteiger partial charge in [0.2, 0.25) is 0 Å². The number of benzene rings is 2. The first kappa shape index (κ1) is 17.5. The van der Waals surface area contributed by atoms with E-state index in [4.69, 9.17) is 32.7 Å². The van der Waals surface area contributed by atoms with E-state index in [1.54, 1.807) is 31.3 Å². The maximum absolute atomic E-state index is 12.2. The molecule has 1 heterocycles. The highest BCUT2D eigenvalue weighted by atomic mass is 35.5. The molecule has 0 aliphatic heterocycles. The predicted molar refractivity (Wildman–Crippen MR) is 98.1 cm³/mol. The van der Waals surface area contributed by atoms with E-state index in [1.807, 2.05) is 30.3 Å². The molecule has 0 N–H and O–H groups in total. The molecule has 1 unspecified atom stereocenters. The zero-order valence-corrected chi connectivity index (χ0v) is 14.9. The van der Waals surface area contributed by atoms with Crippen molar-refractivity contribution in [3.05, 3.63) is 70.3 Å². The Morgan fingerprint density at radius 2 is 1.96 bits per heavy atom. The van der Waals surface area contributed by atoms with Crippen molar-refractivity contribution in [2.24, 2.45) is 0 Å². The molecule has 128 valence electrons. The SMILES string of the molecule is CC(Oc1ccc(Cl)cc1Cl)C(=O)OCc1cccc2cccnc12. The second-order valence-corrected chi connectivity index (χ2v) is 6.28. The van der Waals surface area contributed by atoms with Gasteiger partial charge >= 0.3 is 5.97 Å². The highest BCUT2D eigenvalue weighted by Crippen LogP contribution is 2.28. The number of hydrogen-bond acceptors (Lipinski definition) is 4. The molecule has 0 aliphatic carbocycles. The molecule has 1 aromatic heterocycles. The molecule has 0 amide bonds. The molecule has 0 fully saturated rings. The third-order valence-electron chi connectivity index (χ3n) is 3.62. The quantitative estimate of drug-likeness (QED) is 0.585. The summed E-state index contributed by atoms with van der Waals surface area (Å²) in [7, 11) is 0. The first-order valence-corrected chi connectivity index (χ1v) is 8.41. The minimum atomic E-state index is -0.804. The van der Waals surface area contributed by atoms with Crippen molar-refractivity contribution in [3.8, 4) is 5.75 Å². The van der Waals surface area contributed by atoms with Gasteiger partial charge in [-0.2, -0.15) is 0 Å². The van der Waals surface area contributed by atoms with Crippen molar-refractivity contribution in [1.82, 2.24) is 4.98 Å². The van der Waals surface area contributed by atoms with Gasteiger partial charge in [0.25, 0.3) is 0 Å². The molecule has 0 saturated carbocycles. The lowest BCUT2D eigenvalue weighted by Crippen LogP contribution is -2.26. The topological polar surface area (TPSA) is 48.4 Å². The molecule has 3 aromatic rings. The minimum Gasteiger partial charge on any atom is -0.477 e. The lowest BCUT2D eigenvalue weighted by atomic mass is 10.1. The average molecular weight is 376 g/mol. The van der Waals surface area contributed by atoms with E-state index >= 15 is 0 Å². The Morgan fingerprint density at radius 1 is 1.16 bits per heavy atom. The fraction of sp³-hybridized carbons (Fsp3) is 0.158. The largest absolute Gasteiger partial charge is 0.477 e. The van der Waals surface area contributed by atoms with Crippen LogP contribution in [-0.4, -0.2) is 17.1 Å². The van der Waals surface area contributed by atoms with Gasteiger partial charge in [-0.05, 0) is 31.2 Å². The summed E-state index contributed by atoms with van der Waals surface area (Å²) in [6.45, 7) is 1.73. The maximum Gasteiger partial charge on any atom is 0.347 e. The van der Waals surface area contributed by atoms with Gasteiger partial charge in [-0.1, -0.05) is 47.5 Å². The second kappa shape index (κ2) is 7.72.